The molecule has 2 aromatic carbocycles. The molecule has 1 N–H and O–H groups in total. The minimum atomic E-state index is -0.392. The Labute approximate surface area is 184 Å². The zero-order valence-corrected chi connectivity index (χ0v) is 17.7. The summed E-state index contributed by atoms with van der Waals surface area (Å²) in [5.41, 5.74) is 1.88. The maximum Gasteiger partial charge on any atom is 0.414 e. The molecule has 0 saturated carbocycles. The number of anilines is 1. The van der Waals surface area contributed by atoms with E-state index in [1.54, 1.807) is 21.6 Å². The number of nitrogens with one attached hydrogen (secondary N) is 1. The van der Waals surface area contributed by atoms with Gasteiger partial charge < -0.3 is 19.4 Å². The van der Waals surface area contributed by atoms with Crippen LogP contribution in [0.4, 0.5) is 14.9 Å². The number of carbonyl (C=O) groups excluding carboxylic acids is 1. The first-order valence-corrected chi connectivity index (χ1v) is 10.8. The molecule has 3 aromatic rings. The summed E-state index contributed by atoms with van der Waals surface area (Å²) >= 11 is 0. The Balaban J connectivity index is 1.22. The molecule has 0 unspecified atom stereocenters. The van der Waals surface area contributed by atoms with Crippen LogP contribution < -0.4 is 20.5 Å². The van der Waals surface area contributed by atoms with Crippen molar-refractivity contribution in [3.05, 3.63) is 70.3 Å². The predicted molar refractivity (Wildman–Crippen MR) is 119 cm³/mol. The molecule has 2 aliphatic heterocycles. The van der Waals surface area contributed by atoms with Gasteiger partial charge >= 0.3 is 6.09 Å². The summed E-state index contributed by atoms with van der Waals surface area (Å²) < 4.78 is 27.2. The lowest BCUT2D eigenvalue weighted by atomic mass is 9.99. The second-order valence-corrected chi connectivity index (χ2v) is 8.08. The summed E-state index contributed by atoms with van der Waals surface area (Å²) in [4.78, 5) is 26.2. The lowest BCUT2D eigenvalue weighted by molar-refractivity contribution is 0.140. The van der Waals surface area contributed by atoms with Crippen molar-refractivity contribution in [3.8, 4) is 5.75 Å². The highest BCUT2D eigenvalue weighted by molar-refractivity contribution is 5.89. The molecule has 5 rings (SSSR count). The molecule has 8 heteroatoms. The van der Waals surface area contributed by atoms with Gasteiger partial charge in [0.25, 0.3) is 5.56 Å². The number of cyclic esters (lactones) is 1. The van der Waals surface area contributed by atoms with Crippen molar-refractivity contribution in [3.63, 3.8) is 0 Å². The average molecular weight is 437 g/mol. The number of pyridine rings is 1. The van der Waals surface area contributed by atoms with E-state index in [-0.39, 0.29) is 23.4 Å². The van der Waals surface area contributed by atoms with Gasteiger partial charge in [0, 0.05) is 42.9 Å². The van der Waals surface area contributed by atoms with E-state index in [1.165, 1.54) is 12.1 Å². The third kappa shape index (κ3) is 3.60. The molecule has 3 heterocycles. The third-order valence-electron chi connectivity index (χ3n) is 6.04. The van der Waals surface area contributed by atoms with E-state index in [0.29, 0.717) is 43.9 Å². The number of rotatable bonds is 7. The molecule has 0 spiro atoms. The topological polar surface area (TPSA) is 72.8 Å². The molecule has 0 radical (unpaired) electrons. The van der Waals surface area contributed by atoms with Crippen LogP contribution in [0.1, 0.15) is 18.4 Å². The zero-order valence-electron chi connectivity index (χ0n) is 17.7. The Morgan fingerprint density at radius 2 is 1.84 bits per heavy atom. The summed E-state index contributed by atoms with van der Waals surface area (Å²) in [5, 5.41) is 4.17. The van der Waals surface area contributed by atoms with Gasteiger partial charge in [-0.3, -0.25) is 9.69 Å². The zero-order chi connectivity index (χ0) is 22.2. The maximum atomic E-state index is 14.6. The molecular formula is C24H24FN3O4. The molecule has 0 bridgehead atoms. The van der Waals surface area contributed by atoms with Crippen LogP contribution in [0.25, 0.3) is 10.9 Å². The molecule has 2 aliphatic rings. The first-order chi connectivity index (χ1) is 15.5. The van der Waals surface area contributed by atoms with E-state index >= 15 is 0 Å². The van der Waals surface area contributed by atoms with Crippen LogP contribution in [-0.4, -0.2) is 43.0 Å². The summed E-state index contributed by atoms with van der Waals surface area (Å²) in [6.45, 7) is 4.28. The Morgan fingerprint density at radius 1 is 1.06 bits per heavy atom. The van der Waals surface area contributed by atoms with Crippen molar-refractivity contribution in [2.75, 3.05) is 31.1 Å². The summed E-state index contributed by atoms with van der Waals surface area (Å²) in [7, 11) is 0. The van der Waals surface area contributed by atoms with Gasteiger partial charge in [-0.2, -0.15) is 0 Å². The van der Waals surface area contributed by atoms with Crippen molar-refractivity contribution in [1.82, 2.24) is 9.88 Å². The van der Waals surface area contributed by atoms with Gasteiger partial charge in [-0.05, 0) is 54.8 Å². The van der Waals surface area contributed by atoms with Crippen LogP contribution in [0.3, 0.4) is 0 Å². The molecule has 1 amide bonds. The predicted octanol–water partition coefficient (Wildman–Crippen LogP) is 3.25. The van der Waals surface area contributed by atoms with E-state index in [1.807, 2.05) is 31.2 Å². The van der Waals surface area contributed by atoms with Crippen molar-refractivity contribution in [1.29, 1.82) is 0 Å². The highest BCUT2D eigenvalue weighted by atomic mass is 19.1. The molecular weight excluding hydrogens is 413 g/mol. The number of carbonyl (C=O) groups is 1. The minimum absolute atomic E-state index is 0.123. The summed E-state index contributed by atoms with van der Waals surface area (Å²) in [6, 6.07) is 13.7. The van der Waals surface area contributed by atoms with E-state index in [9.17, 15) is 14.0 Å². The smallest absolute Gasteiger partial charge is 0.414 e. The number of halogens is 1. The second-order valence-electron chi connectivity index (χ2n) is 8.08. The van der Waals surface area contributed by atoms with Crippen LogP contribution >= 0.6 is 0 Å². The Morgan fingerprint density at radius 3 is 2.62 bits per heavy atom. The van der Waals surface area contributed by atoms with Crippen LogP contribution in [0.2, 0.25) is 0 Å². The Kier molecular flexibility index (Phi) is 5.30. The SMILES string of the molecule is CCOc1ccc(N2C[C@@H](CNC[C@H]3Cn4c(=O)ccc5ccc(F)c3c54)OC2=O)cc1. The minimum Gasteiger partial charge on any atom is -0.494 e. The first-order valence-electron chi connectivity index (χ1n) is 10.8. The first kappa shape index (κ1) is 20.5. The Bertz CT molecular complexity index is 1220. The molecule has 166 valence electrons. The van der Waals surface area contributed by atoms with Crippen LogP contribution in [0.5, 0.6) is 5.75 Å². The lowest BCUT2D eigenvalue weighted by Gasteiger charge is -2.15. The van der Waals surface area contributed by atoms with Gasteiger partial charge in [0.2, 0.25) is 0 Å². The standard InChI is InChI=1S/C24H24FN3O4/c1-2-31-18-7-5-17(6-8-18)27-14-19(32-24(27)30)12-26-11-16-13-28-21(29)10-4-15-3-9-20(25)22(16)23(15)28/h3-10,16,19,26H,2,11-14H2,1H3/t16-,19+/m0/s1. The number of aromatic nitrogens is 1. The van der Waals surface area contributed by atoms with Crippen molar-refractivity contribution in [2.24, 2.45) is 0 Å². The normalized spacial score (nSPS) is 19.6. The fourth-order valence-electron chi connectivity index (χ4n) is 4.59. The van der Waals surface area contributed by atoms with Gasteiger partial charge in [0.15, 0.2) is 0 Å². The molecule has 1 fully saturated rings. The van der Waals surface area contributed by atoms with Gasteiger partial charge in [-0.25, -0.2) is 9.18 Å². The largest absolute Gasteiger partial charge is 0.494 e. The summed E-state index contributed by atoms with van der Waals surface area (Å²) in [5.74, 6) is 0.296. The van der Waals surface area contributed by atoms with Crippen molar-refractivity contribution in [2.45, 2.75) is 25.5 Å². The highest BCUT2D eigenvalue weighted by Gasteiger charge is 2.33. The molecule has 1 saturated heterocycles. The van der Waals surface area contributed by atoms with Gasteiger partial charge in [-0.1, -0.05) is 0 Å². The quantitative estimate of drug-likeness (QED) is 0.614. The fraction of sp³-hybridized carbons (Fsp3) is 0.333. The number of hydrogen-bond donors (Lipinski definition) is 1. The number of amides is 1. The second kappa shape index (κ2) is 8.27. The van der Waals surface area contributed by atoms with Gasteiger partial charge in [-0.15, -0.1) is 0 Å². The van der Waals surface area contributed by atoms with Crippen LogP contribution in [0, 0.1) is 5.82 Å². The molecule has 1 aromatic heterocycles. The monoisotopic (exact) mass is 437 g/mol. The van der Waals surface area contributed by atoms with Crippen molar-refractivity contribution < 1.29 is 18.7 Å². The maximum absolute atomic E-state index is 14.6. The lowest BCUT2D eigenvalue weighted by Crippen LogP contribution is -2.33. The highest BCUT2D eigenvalue weighted by Crippen LogP contribution is 2.34. The van der Waals surface area contributed by atoms with E-state index < -0.39 is 6.09 Å². The number of hydrogen-bond acceptors (Lipinski definition) is 5. The van der Waals surface area contributed by atoms with E-state index in [4.69, 9.17) is 9.47 Å². The number of benzene rings is 2. The number of nitrogens with zero attached hydrogens (tertiary/aromatic N) is 2. The van der Waals surface area contributed by atoms with E-state index in [0.717, 1.165) is 16.8 Å². The van der Waals surface area contributed by atoms with Gasteiger partial charge in [0.1, 0.15) is 17.7 Å². The Hall–Kier alpha value is -3.39. The molecule has 2 atom stereocenters. The van der Waals surface area contributed by atoms with Crippen LogP contribution in [-0.2, 0) is 11.3 Å². The molecule has 0 aliphatic carbocycles. The third-order valence-corrected chi connectivity index (χ3v) is 6.04. The molecule has 7 nitrogen and oxygen atoms in total. The van der Waals surface area contributed by atoms with E-state index in [2.05, 4.69) is 5.32 Å². The number of ether oxygens (including phenoxy) is 2. The van der Waals surface area contributed by atoms with Gasteiger partial charge in [0.05, 0.1) is 18.7 Å². The fourth-order valence-corrected chi connectivity index (χ4v) is 4.59. The molecule has 32 heavy (non-hydrogen) atoms. The van der Waals surface area contributed by atoms with Crippen LogP contribution in [0.15, 0.2) is 53.3 Å². The van der Waals surface area contributed by atoms with Crippen molar-refractivity contribution >= 4 is 22.7 Å². The summed E-state index contributed by atoms with van der Waals surface area (Å²) in [6.07, 6.45) is -0.710. The average Bonchev–Trinajstić information content (AvgIpc) is 3.36.